The molecule has 0 unspecified atom stereocenters. The summed E-state index contributed by atoms with van der Waals surface area (Å²) in [6, 6.07) is 11.9. The SMILES string of the molecule is Cc1ccc(S(=O)(=O)N2CCOCC2)cc1NC(=O)Cn1cc(C(N)=O)c2ccccc21. The van der Waals surface area contributed by atoms with Crippen LogP contribution in [0, 0.1) is 6.92 Å². The Labute approximate surface area is 185 Å². The zero-order chi connectivity index (χ0) is 22.9. The van der Waals surface area contributed by atoms with Gasteiger partial charge in [0.05, 0.1) is 23.7 Å². The van der Waals surface area contributed by atoms with Crippen LogP contribution in [0.15, 0.2) is 53.6 Å². The Bertz CT molecular complexity index is 1290. The normalized spacial score (nSPS) is 15.0. The van der Waals surface area contributed by atoms with E-state index in [1.54, 1.807) is 42.0 Å². The number of anilines is 1. The molecule has 2 aromatic carbocycles. The average molecular weight is 457 g/mol. The number of hydrogen-bond donors (Lipinski definition) is 2. The lowest BCUT2D eigenvalue weighted by atomic mass is 10.2. The van der Waals surface area contributed by atoms with Crippen LogP contribution in [0.5, 0.6) is 0 Å². The molecule has 10 heteroatoms. The van der Waals surface area contributed by atoms with Crippen molar-refractivity contribution in [2.24, 2.45) is 5.73 Å². The van der Waals surface area contributed by atoms with Crippen LogP contribution in [0.4, 0.5) is 5.69 Å². The molecular weight excluding hydrogens is 432 g/mol. The molecule has 3 aromatic rings. The van der Waals surface area contributed by atoms with Crippen LogP contribution in [0.1, 0.15) is 15.9 Å². The lowest BCUT2D eigenvalue weighted by molar-refractivity contribution is -0.116. The Kier molecular flexibility index (Phi) is 6.00. The van der Waals surface area contributed by atoms with Gasteiger partial charge in [-0.2, -0.15) is 4.31 Å². The zero-order valence-electron chi connectivity index (χ0n) is 17.6. The lowest BCUT2D eigenvalue weighted by Crippen LogP contribution is -2.40. The molecule has 2 heterocycles. The van der Waals surface area contributed by atoms with E-state index in [1.165, 1.54) is 16.4 Å². The number of fused-ring (bicyclic) bond motifs is 1. The highest BCUT2D eigenvalue weighted by Crippen LogP contribution is 2.25. The number of amides is 2. The van der Waals surface area contributed by atoms with Crippen LogP contribution >= 0.6 is 0 Å². The van der Waals surface area contributed by atoms with E-state index in [0.717, 1.165) is 5.56 Å². The number of rotatable bonds is 6. The van der Waals surface area contributed by atoms with E-state index in [1.807, 2.05) is 6.07 Å². The third-order valence-corrected chi connectivity index (χ3v) is 7.35. The third kappa shape index (κ3) is 4.24. The van der Waals surface area contributed by atoms with Gasteiger partial charge in [0.1, 0.15) is 6.54 Å². The molecule has 1 fully saturated rings. The summed E-state index contributed by atoms with van der Waals surface area (Å²) in [4.78, 5) is 24.7. The second-order valence-corrected chi connectivity index (χ2v) is 9.53. The summed E-state index contributed by atoms with van der Waals surface area (Å²) in [5.41, 5.74) is 7.65. The van der Waals surface area contributed by atoms with Crippen molar-refractivity contribution in [1.29, 1.82) is 0 Å². The number of nitrogens with two attached hydrogens (primary N) is 1. The van der Waals surface area contributed by atoms with Crippen molar-refractivity contribution in [3.8, 4) is 0 Å². The minimum absolute atomic E-state index is 0.0618. The summed E-state index contributed by atoms with van der Waals surface area (Å²) < 4.78 is 34.2. The Morgan fingerprint density at radius 1 is 1.12 bits per heavy atom. The van der Waals surface area contributed by atoms with Crippen LogP contribution in [-0.2, 0) is 26.1 Å². The number of sulfonamides is 1. The van der Waals surface area contributed by atoms with Gasteiger partial charge in [0.15, 0.2) is 0 Å². The van der Waals surface area contributed by atoms with Crippen molar-refractivity contribution in [1.82, 2.24) is 8.87 Å². The van der Waals surface area contributed by atoms with E-state index >= 15 is 0 Å². The van der Waals surface area contributed by atoms with Gasteiger partial charge in [-0.15, -0.1) is 0 Å². The number of nitrogens with one attached hydrogen (secondary N) is 1. The number of aromatic nitrogens is 1. The van der Waals surface area contributed by atoms with Gasteiger partial charge in [0.25, 0.3) is 5.91 Å². The fourth-order valence-electron chi connectivity index (χ4n) is 3.75. The number of carbonyl (C=O) groups excluding carboxylic acids is 2. The van der Waals surface area contributed by atoms with Gasteiger partial charge in [0, 0.05) is 35.9 Å². The summed E-state index contributed by atoms with van der Waals surface area (Å²) in [5, 5.41) is 3.46. The van der Waals surface area contributed by atoms with Crippen molar-refractivity contribution < 1.29 is 22.7 Å². The lowest BCUT2D eigenvalue weighted by Gasteiger charge is -2.26. The molecule has 2 amide bonds. The Hall–Kier alpha value is -3.21. The Morgan fingerprint density at radius 2 is 1.84 bits per heavy atom. The second-order valence-electron chi connectivity index (χ2n) is 7.59. The first kappa shape index (κ1) is 22.0. The second kappa shape index (κ2) is 8.73. The number of primary amides is 1. The van der Waals surface area contributed by atoms with E-state index in [2.05, 4.69) is 5.32 Å². The predicted octanol–water partition coefficient (Wildman–Crippen LogP) is 1.71. The van der Waals surface area contributed by atoms with Gasteiger partial charge in [-0.3, -0.25) is 9.59 Å². The molecule has 0 radical (unpaired) electrons. The number of ether oxygens (including phenoxy) is 1. The molecule has 1 aliphatic rings. The minimum atomic E-state index is -3.69. The monoisotopic (exact) mass is 456 g/mol. The number of para-hydroxylation sites is 1. The molecule has 0 bridgehead atoms. The fourth-order valence-corrected chi connectivity index (χ4v) is 5.19. The van der Waals surface area contributed by atoms with E-state index in [4.69, 9.17) is 10.5 Å². The molecule has 0 saturated carbocycles. The van der Waals surface area contributed by atoms with Crippen molar-refractivity contribution in [2.75, 3.05) is 31.6 Å². The molecule has 0 aliphatic carbocycles. The van der Waals surface area contributed by atoms with E-state index in [0.29, 0.717) is 48.5 Å². The number of morpholine rings is 1. The predicted molar refractivity (Wildman–Crippen MR) is 120 cm³/mol. The van der Waals surface area contributed by atoms with Crippen molar-refractivity contribution in [3.05, 3.63) is 59.8 Å². The quantitative estimate of drug-likeness (QED) is 0.584. The first-order valence-corrected chi connectivity index (χ1v) is 11.6. The highest BCUT2D eigenvalue weighted by Gasteiger charge is 2.27. The standard InChI is InChI=1S/C22H24N4O5S/c1-15-6-7-16(32(29,30)26-8-10-31-11-9-26)12-19(15)24-21(27)14-25-13-18(22(23)28)17-4-2-3-5-20(17)25/h2-7,12-13H,8-11,14H2,1H3,(H2,23,28)(H,24,27). The number of nitrogens with zero attached hydrogens (tertiary/aromatic N) is 2. The maximum absolute atomic E-state index is 13.0. The summed E-state index contributed by atoms with van der Waals surface area (Å²) in [5.74, 6) is -0.928. The van der Waals surface area contributed by atoms with Gasteiger partial charge in [-0.25, -0.2) is 8.42 Å². The number of benzene rings is 2. The maximum atomic E-state index is 13.0. The van der Waals surface area contributed by atoms with Crippen molar-refractivity contribution in [3.63, 3.8) is 0 Å². The zero-order valence-corrected chi connectivity index (χ0v) is 18.4. The van der Waals surface area contributed by atoms with Crippen LogP contribution < -0.4 is 11.1 Å². The number of carbonyl (C=O) groups is 2. The van der Waals surface area contributed by atoms with Gasteiger partial charge in [-0.1, -0.05) is 24.3 Å². The largest absolute Gasteiger partial charge is 0.379 e. The molecule has 1 saturated heterocycles. The van der Waals surface area contributed by atoms with Crippen molar-refractivity contribution >= 4 is 38.4 Å². The van der Waals surface area contributed by atoms with Gasteiger partial charge in [-0.05, 0) is 30.7 Å². The molecule has 0 atom stereocenters. The third-order valence-electron chi connectivity index (χ3n) is 5.46. The van der Waals surface area contributed by atoms with Crippen LogP contribution in [0.3, 0.4) is 0 Å². The van der Waals surface area contributed by atoms with E-state index in [-0.39, 0.29) is 17.3 Å². The van der Waals surface area contributed by atoms with Crippen LogP contribution in [-0.4, -0.2) is 55.4 Å². The van der Waals surface area contributed by atoms with Crippen LogP contribution in [0.2, 0.25) is 0 Å². The Balaban J connectivity index is 1.57. The summed E-state index contributed by atoms with van der Waals surface area (Å²) >= 11 is 0. The minimum Gasteiger partial charge on any atom is -0.379 e. The molecule has 1 aliphatic heterocycles. The first-order valence-electron chi connectivity index (χ1n) is 10.1. The van der Waals surface area contributed by atoms with E-state index < -0.39 is 15.9 Å². The summed E-state index contributed by atoms with van der Waals surface area (Å²) in [7, 11) is -3.69. The average Bonchev–Trinajstić information content (AvgIpc) is 3.14. The molecule has 4 rings (SSSR count). The first-order chi connectivity index (χ1) is 15.3. The molecule has 3 N–H and O–H groups in total. The molecule has 1 aromatic heterocycles. The molecule has 168 valence electrons. The highest BCUT2D eigenvalue weighted by molar-refractivity contribution is 7.89. The smallest absolute Gasteiger partial charge is 0.250 e. The Morgan fingerprint density at radius 3 is 2.56 bits per heavy atom. The molecule has 9 nitrogen and oxygen atoms in total. The molecule has 0 spiro atoms. The van der Waals surface area contributed by atoms with Crippen molar-refractivity contribution in [2.45, 2.75) is 18.4 Å². The summed E-state index contributed by atoms with van der Waals surface area (Å²) in [6.07, 6.45) is 1.55. The van der Waals surface area contributed by atoms with Gasteiger partial charge < -0.3 is 20.4 Å². The topological polar surface area (TPSA) is 124 Å². The van der Waals surface area contributed by atoms with Gasteiger partial charge in [0.2, 0.25) is 15.9 Å². The molecular formula is C22H24N4O5S. The fraction of sp³-hybridized carbons (Fsp3) is 0.273. The van der Waals surface area contributed by atoms with Gasteiger partial charge >= 0.3 is 0 Å². The summed E-state index contributed by atoms with van der Waals surface area (Å²) in [6.45, 7) is 3.02. The van der Waals surface area contributed by atoms with E-state index in [9.17, 15) is 18.0 Å². The maximum Gasteiger partial charge on any atom is 0.250 e. The number of aryl methyl sites for hydroxylation is 1. The van der Waals surface area contributed by atoms with Crippen LogP contribution in [0.25, 0.3) is 10.9 Å². The number of hydrogen-bond acceptors (Lipinski definition) is 5. The highest BCUT2D eigenvalue weighted by atomic mass is 32.2. The molecule has 32 heavy (non-hydrogen) atoms.